The third-order valence-corrected chi connectivity index (χ3v) is 2.34. The summed E-state index contributed by atoms with van der Waals surface area (Å²) in [5.41, 5.74) is 0.373. The first kappa shape index (κ1) is 15.1. The predicted molar refractivity (Wildman–Crippen MR) is 76.3 cm³/mol. The molecule has 6 nitrogen and oxygen atoms in total. The average molecular weight is 263 g/mol. The van der Waals surface area contributed by atoms with Crippen molar-refractivity contribution in [2.45, 2.75) is 6.92 Å². The molecule has 0 fully saturated rings. The number of carbonyl (C=O) groups excluding carboxylic acids is 1. The smallest absolute Gasteiger partial charge is 0.270 e. The summed E-state index contributed by atoms with van der Waals surface area (Å²) in [5.74, 6) is 1.01. The highest BCUT2D eigenvalue weighted by Crippen LogP contribution is 2.06. The van der Waals surface area contributed by atoms with Crippen molar-refractivity contribution in [1.29, 1.82) is 0 Å². The van der Waals surface area contributed by atoms with Crippen LogP contribution in [0.1, 0.15) is 16.3 Å². The molecule has 0 saturated heterocycles. The molecule has 1 aromatic heterocycles. The van der Waals surface area contributed by atoms with Gasteiger partial charge in [0.1, 0.15) is 17.3 Å². The number of carbonyl (C=O) groups is 1. The number of aromatic nitrogens is 2. The Morgan fingerprint density at radius 1 is 1.47 bits per heavy atom. The molecule has 1 heterocycles. The Labute approximate surface area is 113 Å². The zero-order valence-corrected chi connectivity index (χ0v) is 11.7. The number of nitrogens with one attached hydrogen (secondary N) is 2. The summed E-state index contributed by atoms with van der Waals surface area (Å²) < 4.78 is 0. The Hall–Kier alpha value is -1.95. The van der Waals surface area contributed by atoms with Gasteiger partial charge in [0.05, 0.1) is 0 Å². The van der Waals surface area contributed by atoms with Gasteiger partial charge in [0.2, 0.25) is 0 Å². The van der Waals surface area contributed by atoms with Crippen LogP contribution in [0.3, 0.4) is 0 Å². The van der Waals surface area contributed by atoms with Crippen LogP contribution in [0.2, 0.25) is 0 Å². The van der Waals surface area contributed by atoms with Gasteiger partial charge in [-0.25, -0.2) is 9.97 Å². The Balaban J connectivity index is 2.67. The molecule has 1 rings (SSSR count). The number of likely N-dealkylation sites (N-methyl/N-ethyl adjacent to an activating group) is 1. The number of aryl methyl sites for hydroxylation is 1. The molecule has 0 spiro atoms. The zero-order valence-electron chi connectivity index (χ0n) is 11.7. The van der Waals surface area contributed by atoms with Crippen LogP contribution < -0.4 is 10.6 Å². The third-order valence-electron chi connectivity index (χ3n) is 2.34. The number of amides is 1. The molecule has 104 valence electrons. The van der Waals surface area contributed by atoms with Crippen molar-refractivity contribution in [3.05, 3.63) is 30.2 Å². The molecule has 6 heteroatoms. The minimum atomic E-state index is -0.186. The molecule has 1 aromatic rings. The second-order valence-corrected chi connectivity index (χ2v) is 4.41. The van der Waals surface area contributed by atoms with Gasteiger partial charge in [0, 0.05) is 25.7 Å². The van der Waals surface area contributed by atoms with Crippen molar-refractivity contribution in [3.8, 4) is 0 Å². The highest BCUT2D eigenvalue weighted by atomic mass is 16.1. The van der Waals surface area contributed by atoms with Crippen molar-refractivity contribution in [1.82, 2.24) is 20.2 Å². The summed E-state index contributed by atoms with van der Waals surface area (Å²) in [7, 11) is 3.91. The maximum atomic E-state index is 11.9. The molecule has 0 aliphatic carbocycles. The molecule has 0 radical (unpaired) electrons. The van der Waals surface area contributed by atoms with Crippen LogP contribution >= 0.6 is 0 Å². The average Bonchev–Trinajstić information content (AvgIpc) is 2.35. The monoisotopic (exact) mass is 263 g/mol. The van der Waals surface area contributed by atoms with Gasteiger partial charge in [0.15, 0.2) is 0 Å². The second-order valence-electron chi connectivity index (χ2n) is 4.41. The van der Waals surface area contributed by atoms with E-state index in [4.69, 9.17) is 0 Å². The molecular weight excluding hydrogens is 242 g/mol. The fraction of sp³-hybridized carbons (Fsp3) is 0.462. The lowest BCUT2D eigenvalue weighted by Gasteiger charge is -2.11. The van der Waals surface area contributed by atoms with Gasteiger partial charge in [-0.3, -0.25) is 4.79 Å². The van der Waals surface area contributed by atoms with Gasteiger partial charge < -0.3 is 15.5 Å². The van der Waals surface area contributed by atoms with Crippen molar-refractivity contribution < 1.29 is 4.79 Å². The highest BCUT2D eigenvalue weighted by Gasteiger charge is 2.09. The van der Waals surface area contributed by atoms with Crippen LogP contribution in [0.25, 0.3) is 0 Å². The van der Waals surface area contributed by atoms with Gasteiger partial charge >= 0.3 is 0 Å². The van der Waals surface area contributed by atoms with Crippen LogP contribution in [-0.4, -0.2) is 54.5 Å². The van der Waals surface area contributed by atoms with Crippen LogP contribution in [0.5, 0.6) is 0 Å². The molecule has 19 heavy (non-hydrogen) atoms. The molecular formula is C13H21N5O. The van der Waals surface area contributed by atoms with Crippen LogP contribution in [-0.2, 0) is 0 Å². The van der Waals surface area contributed by atoms with Crippen molar-refractivity contribution in [2.24, 2.45) is 0 Å². The third kappa shape index (κ3) is 5.48. The molecule has 0 bridgehead atoms. The van der Waals surface area contributed by atoms with E-state index in [1.54, 1.807) is 19.1 Å². The lowest BCUT2D eigenvalue weighted by molar-refractivity contribution is 0.0945. The Morgan fingerprint density at radius 3 is 2.84 bits per heavy atom. The molecule has 1 amide bonds. The Morgan fingerprint density at radius 2 is 2.21 bits per heavy atom. The number of anilines is 1. The van der Waals surface area contributed by atoms with Crippen LogP contribution in [0.4, 0.5) is 5.82 Å². The summed E-state index contributed by atoms with van der Waals surface area (Å²) in [6, 6.07) is 1.64. The van der Waals surface area contributed by atoms with Gasteiger partial charge in [0.25, 0.3) is 5.91 Å². The maximum Gasteiger partial charge on any atom is 0.270 e. The molecule has 0 aliphatic rings. The number of hydrogen-bond acceptors (Lipinski definition) is 5. The highest BCUT2D eigenvalue weighted by molar-refractivity contribution is 5.92. The minimum Gasteiger partial charge on any atom is -0.366 e. The Kier molecular flexibility index (Phi) is 5.95. The van der Waals surface area contributed by atoms with E-state index < -0.39 is 0 Å². The molecule has 0 atom stereocenters. The van der Waals surface area contributed by atoms with E-state index in [0.717, 1.165) is 6.54 Å². The van der Waals surface area contributed by atoms with Crippen molar-refractivity contribution >= 4 is 11.7 Å². The SMILES string of the molecule is C=CCNc1cc(C(=O)NCCN(C)C)nc(C)n1. The molecule has 0 saturated carbocycles. The maximum absolute atomic E-state index is 11.9. The van der Waals surface area contributed by atoms with E-state index in [-0.39, 0.29) is 5.91 Å². The first-order valence-corrected chi connectivity index (χ1v) is 6.16. The lowest BCUT2D eigenvalue weighted by atomic mass is 10.3. The van der Waals surface area contributed by atoms with E-state index >= 15 is 0 Å². The second kappa shape index (κ2) is 7.48. The van der Waals surface area contributed by atoms with E-state index in [2.05, 4.69) is 27.2 Å². The topological polar surface area (TPSA) is 70.2 Å². The van der Waals surface area contributed by atoms with E-state index in [9.17, 15) is 4.79 Å². The fourth-order valence-corrected chi connectivity index (χ4v) is 1.43. The quantitative estimate of drug-likeness (QED) is 0.708. The van der Waals surface area contributed by atoms with Crippen LogP contribution in [0, 0.1) is 6.92 Å². The lowest BCUT2D eigenvalue weighted by Crippen LogP contribution is -2.32. The number of hydrogen-bond donors (Lipinski definition) is 2. The van der Waals surface area contributed by atoms with Gasteiger partial charge in [-0.05, 0) is 21.0 Å². The van der Waals surface area contributed by atoms with Crippen LogP contribution in [0.15, 0.2) is 18.7 Å². The normalized spacial score (nSPS) is 10.3. The van der Waals surface area contributed by atoms with Crippen molar-refractivity contribution in [2.75, 3.05) is 39.0 Å². The Bertz CT molecular complexity index is 445. The molecule has 0 aliphatic heterocycles. The van der Waals surface area contributed by atoms with E-state index in [1.165, 1.54) is 0 Å². The predicted octanol–water partition coefficient (Wildman–Crippen LogP) is 0.674. The molecule has 0 aromatic carbocycles. The number of rotatable bonds is 7. The summed E-state index contributed by atoms with van der Waals surface area (Å²) in [6.07, 6.45) is 1.73. The standard InChI is InChI=1S/C13H21N5O/c1-5-6-14-12-9-11(16-10(2)17-12)13(19)15-7-8-18(3)4/h5,9H,1,6-8H2,2-4H3,(H,15,19)(H,14,16,17). The fourth-order valence-electron chi connectivity index (χ4n) is 1.43. The minimum absolute atomic E-state index is 0.186. The zero-order chi connectivity index (χ0) is 14.3. The van der Waals surface area contributed by atoms with E-state index in [0.29, 0.717) is 30.4 Å². The van der Waals surface area contributed by atoms with Crippen molar-refractivity contribution in [3.63, 3.8) is 0 Å². The first-order chi connectivity index (χ1) is 9.02. The first-order valence-electron chi connectivity index (χ1n) is 6.16. The molecule has 2 N–H and O–H groups in total. The summed E-state index contributed by atoms with van der Waals surface area (Å²) in [5, 5.41) is 5.87. The van der Waals surface area contributed by atoms with Gasteiger partial charge in [-0.2, -0.15) is 0 Å². The summed E-state index contributed by atoms with van der Waals surface area (Å²) in [6.45, 7) is 7.35. The summed E-state index contributed by atoms with van der Waals surface area (Å²) >= 11 is 0. The number of nitrogens with zero attached hydrogens (tertiary/aromatic N) is 3. The van der Waals surface area contributed by atoms with Gasteiger partial charge in [-0.1, -0.05) is 6.08 Å². The van der Waals surface area contributed by atoms with Gasteiger partial charge in [-0.15, -0.1) is 6.58 Å². The summed E-state index contributed by atoms with van der Waals surface area (Å²) in [4.78, 5) is 22.3. The largest absolute Gasteiger partial charge is 0.366 e. The van der Waals surface area contributed by atoms with E-state index in [1.807, 2.05) is 19.0 Å². The molecule has 0 unspecified atom stereocenters.